The zero-order valence-corrected chi connectivity index (χ0v) is 22.4. The summed E-state index contributed by atoms with van der Waals surface area (Å²) in [4.78, 5) is 63.2. The van der Waals surface area contributed by atoms with E-state index < -0.39 is 47.6 Å². The number of nitrogens with zero attached hydrogens (tertiary/aromatic N) is 2. The third kappa shape index (κ3) is 6.90. The summed E-state index contributed by atoms with van der Waals surface area (Å²) in [6.45, 7) is -0.622. The zero-order chi connectivity index (χ0) is 27.7. The molecule has 3 unspecified atom stereocenters. The van der Waals surface area contributed by atoms with Gasteiger partial charge in [0.1, 0.15) is 29.5 Å². The van der Waals surface area contributed by atoms with Crippen LogP contribution in [0.5, 0.6) is 11.5 Å². The Morgan fingerprint density at radius 2 is 1.95 bits per heavy atom. The first-order valence-electron chi connectivity index (χ1n) is 11.0. The molecule has 1 fully saturated rings. The normalized spacial score (nSPS) is 16.9. The zero-order valence-electron chi connectivity index (χ0n) is 20.0. The molecule has 3 atom stereocenters. The van der Waals surface area contributed by atoms with E-state index in [9.17, 15) is 24.0 Å². The van der Waals surface area contributed by atoms with Crippen molar-refractivity contribution < 1.29 is 38.2 Å². The highest BCUT2D eigenvalue weighted by Gasteiger charge is 2.55. The van der Waals surface area contributed by atoms with Gasteiger partial charge in [0, 0.05) is 0 Å². The largest absolute Gasteiger partial charge is 0.497 e. The Balaban J connectivity index is 1.66. The van der Waals surface area contributed by atoms with Gasteiger partial charge in [-0.3, -0.25) is 19.2 Å². The van der Waals surface area contributed by atoms with E-state index in [0.29, 0.717) is 40.0 Å². The van der Waals surface area contributed by atoms with Gasteiger partial charge in [-0.1, -0.05) is 39.8 Å². The van der Waals surface area contributed by atoms with Crippen LogP contribution in [0.2, 0.25) is 0 Å². The topological polar surface area (TPSA) is 152 Å². The second-order valence-electron chi connectivity index (χ2n) is 7.80. The van der Waals surface area contributed by atoms with Crippen LogP contribution in [0.4, 0.5) is 0 Å². The van der Waals surface area contributed by atoms with Crippen LogP contribution in [0.1, 0.15) is 11.1 Å². The first-order valence-corrected chi connectivity index (χ1v) is 13.1. The van der Waals surface area contributed by atoms with Crippen LogP contribution in [0.3, 0.4) is 0 Å². The molecule has 1 saturated heterocycles. The Bertz CT molecular complexity index is 1250. The molecular formula is C25H22BrN3O8S. The summed E-state index contributed by atoms with van der Waals surface area (Å²) in [5.41, 5.74) is 1.47. The number of halogens is 1. The lowest BCUT2D eigenvalue weighted by atomic mass is 10.0. The number of nitrogens with one attached hydrogen (secondary N) is 1. The van der Waals surface area contributed by atoms with Gasteiger partial charge in [0.25, 0.3) is 5.91 Å². The smallest absolute Gasteiger partial charge is 0.337 e. The first-order chi connectivity index (χ1) is 18.3. The van der Waals surface area contributed by atoms with Crippen molar-refractivity contribution in [2.75, 3.05) is 19.0 Å². The van der Waals surface area contributed by atoms with Crippen molar-refractivity contribution in [3.05, 3.63) is 59.7 Å². The number of nitriles is 1. The molecule has 2 amide bonds. The monoisotopic (exact) mass is 603 g/mol. The molecule has 1 N–H and O–H groups in total. The molecule has 0 spiro atoms. The van der Waals surface area contributed by atoms with Crippen LogP contribution in [0.25, 0.3) is 0 Å². The van der Waals surface area contributed by atoms with Crippen molar-refractivity contribution in [2.24, 2.45) is 0 Å². The number of alkyl halides is 1. The number of thioether (sulfide) groups is 1. The van der Waals surface area contributed by atoms with E-state index in [1.54, 1.807) is 24.3 Å². The Labute approximate surface area is 230 Å². The number of Topliss-reactive ketones (excluding diaryl/α,β-unsaturated/α-hetero) is 1. The van der Waals surface area contributed by atoms with Crippen molar-refractivity contribution >= 4 is 56.9 Å². The van der Waals surface area contributed by atoms with Crippen LogP contribution in [-0.2, 0) is 35.3 Å². The Morgan fingerprint density at radius 1 is 1.21 bits per heavy atom. The molecule has 13 heteroatoms. The number of carbonyl (C=O) groups excluding carboxylic acids is 5. The van der Waals surface area contributed by atoms with Gasteiger partial charge >= 0.3 is 5.97 Å². The molecular weight excluding hydrogens is 582 g/mol. The second kappa shape index (κ2) is 13.6. The number of ether oxygens (including phenoxy) is 3. The molecule has 0 aromatic heterocycles. The average molecular weight is 604 g/mol. The number of amides is 2. The number of β-lactam (4-membered cyclic amide) rings is 1. The number of likely N-dealkylation sites (tertiary alicyclic amines) is 1. The molecule has 2 aromatic carbocycles. The van der Waals surface area contributed by atoms with Gasteiger partial charge in [-0.15, -0.1) is 0 Å². The van der Waals surface area contributed by atoms with E-state index in [-0.39, 0.29) is 11.9 Å². The van der Waals surface area contributed by atoms with E-state index >= 15 is 0 Å². The van der Waals surface area contributed by atoms with Crippen molar-refractivity contribution in [1.29, 1.82) is 5.26 Å². The van der Waals surface area contributed by atoms with Crippen LogP contribution < -0.4 is 14.8 Å². The van der Waals surface area contributed by atoms with Crippen molar-refractivity contribution in [3.8, 4) is 17.6 Å². The predicted octanol–water partition coefficient (Wildman–Crippen LogP) is 1.60. The number of carbonyl (C=O) groups is 5. The molecule has 0 aliphatic carbocycles. The summed E-state index contributed by atoms with van der Waals surface area (Å²) < 4.78 is 15.8. The highest BCUT2D eigenvalue weighted by atomic mass is 79.9. The minimum atomic E-state index is -1.62. The molecule has 38 heavy (non-hydrogen) atoms. The molecule has 198 valence electrons. The number of benzene rings is 2. The van der Waals surface area contributed by atoms with E-state index in [1.807, 2.05) is 6.07 Å². The quantitative estimate of drug-likeness (QED) is 0.117. The lowest BCUT2D eigenvalue weighted by Crippen LogP contribution is -2.74. The van der Waals surface area contributed by atoms with Gasteiger partial charge in [0.05, 0.1) is 24.1 Å². The maximum atomic E-state index is 13.0. The van der Waals surface area contributed by atoms with Crippen LogP contribution in [-0.4, -0.2) is 70.6 Å². The summed E-state index contributed by atoms with van der Waals surface area (Å²) in [5, 5.41) is 10.0. The fraction of sp³-hybridized carbons (Fsp3) is 0.280. The van der Waals surface area contributed by atoms with Gasteiger partial charge in [-0.05, 0) is 42.0 Å². The van der Waals surface area contributed by atoms with Crippen molar-refractivity contribution in [1.82, 2.24) is 10.2 Å². The van der Waals surface area contributed by atoms with Crippen molar-refractivity contribution in [2.45, 2.75) is 24.1 Å². The third-order valence-corrected chi connectivity index (χ3v) is 6.84. The van der Waals surface area contributed by atoms with Gasteiger partial charge in [-0.2, -0.15) is 5.26 Å². The van der Waals surface area contributed by atoms with Gasteiger partial charge in [0.2, 0.25) is 5.91 Å². The Morgan fingerprint density at radius 3 is 2.58 bits per heavy atom. The molecule has 3 rings (SSSR count). The maximum absolute atomic E-state index is 13.0. The minimum absolute atomic E-state index is 0.178. The number of rotatable bonds is 13. The minimum Gasteiger partial charge on any atom is -0.497 e. The summed E-state index contributed by atoms with van der Waals surface area (Å²) in [6, 6.07) is 12.0. The molecule has 0 saturated carbocycles. The van der Waals surface area contributed by atoms with E-state index in [2.05, 4.69) is 21.2 Å². The third-order valence-electron chi connectivity index (χ3n) is 5.40. The summed E-state index contributed by atoms with van der Waals surface area (Å²) in [6.07, 6.45) is 0. The number of ketones is 1. The molecule has 0 radical (unpaired) electrons. The van der Waals surface area contributed by atoms with E-state index in [4.69, 9.17) is 19.5 Å². The second-order valence-corrected chi connectivity index (χ2v) is 9.31. The number of hydrogen-bond acceptors (Lipinski definition) is 10. The van der Waals surface area contributed by atoms with E-state index in [0.717, 1.165) is 4.90 Å². The number of esters is 1. The first kappa shape index (κ1) is 28.7. The molecule has 11 nitrogen and oxygen atoms in total. The fourth-order valence-electron chi connectivity index (χ4n) is 3.55. The molecule has 2 aromatic rings. The molecule has 0 bridgehead atoms. The molecule has 1 heterocycles. The predicted molar refractivity (Wildman–Crippen MR) is 139 cm³/mol. The summed E-state index contributed by atoms with van der Waals surface area (Å²) >= 11 is 3.65. The number of methoxy groups -OCH3 is 1. The maximum Gasteiger partial charge on any atom is 0.337 e. The van der Waals surface area contributed by atoms with Crippen LogP contribution in [0.15, 0.2) is 48.5 Å². The lowest BCUT2D eigenvalue weighted by Gasteiger charge is -2.48. The van der Waals surface area contributed by atoms with Crippen molar-refractivity contribution in [3.63, 3.8) is 0 Å². The van der Waals surface area contributed by atoms with Gasteiger partial charge in [0.15, 0.2) is 24.1 Å². The van der Waals surface area contributed by atoms with Crippen LogP contribution in [0, 0.1) is 11.3 Å². The van der Waals surface area contributed by atoms with Gasteiger partial charge in [-0.25, -0.2) is 4.79 Å². The fourth-order valence-corrected chi connectivity index (χ4v) is 4.67. The highest BCUT2D eigenvalue weighted by Crippen LogP contribution is 2.32. The Hall–Kier alpha value is -3.89. The molecule has 1 aliphatic heterocycles. The SMILES string of the molecule is COc1cccc(COC(=O)C(C(=O)CBr)N2C(=O)C(NC(=O)COc3ccc(C#N)cc3)C2SC=O)c1. The number of hydrogen-bond donors (Lipinski definition) is 1. The highest BCUT2D eigenvalue weighted by molar-refractivity contribution is 9.09. The average Bonchev–Trinajstić information content (AvgIpc) is 2.95. The standard InChI is InChI=1S/C25H22BrN3O8S/c1-35-18-4-2-3-16(9-18)12-37-25(34)22(19(31)10-26)29-23(33)21(24(29)38-14-30)28-20(32)13-36-17-7-5-15(11-27)6-8-17/h2-9,14,21-22,24H,10,12-13H2,1H3,(H,28,32). The van der Waals surface area contributed by atoms with Crippen LogP contribution >= 0.6 is 27.7 Å². The lowest BCUT2D eigenvalue weighted by molar-refractivity contribution is -0.168. The Kier molecular flexibility index (Phi) is 10.3. The van der Waals surface area contributed by atoms with E-state index in [1.165, 1.54) is 31.4 Å². The van der Waals surface area contributed by atoms with Gasteiger partial charge < -0.3 is 24.4 Å². The summed E-state index contributed by atoms with van der Waals surface area (Å²) in [7, 11) is 1.49. The molecule has 1 aliphatic rings. The summed E-state index contributed by atoms with van der Waals surface area (Å²) in [5.74, 6) is -2.13.